The van der Waals surface area contributed by atoms with Crippen LogP contribution < -0.4 is 5.73 Å². The van der Waals surface area contributed by atoms with Gasteiger partial charge in [-0.1, -0.05) is 6.07 Å². The lowest BCUT2D eigenvalue weighted by Crippen LogP contribution is -2.26. The molecule has 2 N–H and O–H groups in total. The zero-order valence-electron chi connectivity index (χ0n) is 8.48. The van der Waals surface area contributed by atoms with Gasteiger partial charge in [0.1, 0.15) is 0 Å². The average Bonchev–Trinajstić information content (AvgIpc) is 2.87. The third kappa shape index (κ3) is 2.16. The molecule has 1 aromatic rings. The minimum Gasteiger partial charge on any atom is -0.330 e. The van der Waals surface area contributed by atoms with Crippen molar-refractivity contribution in [3.63, 3.8) is 0 Å². The Morgan fingerprint density at radius 2 is 2.21 bits per heavy atom. The van der Waals surface area contributed by atoms with Gasteiger partial charge in [-0.05, 0) is 50.3 Å². The number of hydrogen-bond acceptors (Lipinski definition) is 3. The van der Waals surface area contributed by atoms with Crippen molar-refractivity contribution in [3.05, 3.63) is 22.4 Å². The molecule has 0 amide bonds. The lowest BCUT2D eigenvalue weighted by molar-refractivity contribution is 0.239. The number of nitrogens with two attached hydrogens (primary N) is 1. The number of rotatable bonds is 4. The minimum absolute atomic E-state index is 0.586. The molecule has 0 aliphatic carbocycles. The van der Waals surface area contributed by atoms with E-state index in [0.717, 1.165) is 13.0 Å². The molecular weight excluding hydrogens is 192 g/mol. The van der Waals surface area contributed by atoms with E-state index < -0.39 is 0 Å². The van der Waals surface area contributed by atoms with E-state index >= 15 is 0 Å². The van der Waals surface area contributed by atoms with E-state index in [-0.39, 0.29) is 0 Å². The third-order valence-electron chi connectivity index (χ3n) is 2.89. The number of thiophene rings is 1. The highest BCUT2D eigenvalue weighted by atomic mass is 32.1. The Morgan fingerprint density at radius 1 is 1.43 bits per heavy atom. The summed E-state index contributed by atoms with van der Waals surface area (Å²) in [6, 6.07) is 4.96. The Balaban J connectivity index is 2.06. The summed E-state index contributed by atoms with van der Waals surface area (Å²) in [5.41, 5.74) is 5.68. The van der Waals surface area contributed by atoms with E-state index in [2.05, 4.69) is 22.4 Å². The SMILES string of the molecule is NCC[C@@H](c1cccs1)N1CCCC1. The van der Waals surface area contributed by atoms with Crippen LogP contribution in [0.5, 0.6) is 0 Å². The maximum Gasteiger partial charge on any atom is 0.0453 e. The molecule has 1 fully saturated rings. The molecule has 0 unspecified atom stereocenters. The van der Waals surface area contributed by atoms with Gasteiger partial charge >= 0.3 is 0 Å². The summed E-state index contributed by atoms with van der Waals surface area (Å²) >= 11 is 1.86. The van der Waals surface area contributed by atoms with E-state index in [1.165, 1.54) is 30.8 Å². The van der Waals surface area contributed by atoms with Gasteiger partial charge in [-0.3, -0.25) is 4.90 Å². The van der Waals surface area contributed by atoms with Crippen molar-refractivity contribution in [2.24, 2.45) is 5.73 Å². The fourth-order valence-corrected chi connectivity index (χ4v) is 3.09. The first-order valence-electron chi connectivity index (χ1n) is 5.39. The van der Waals surface area contributed by atoms with Crippen LogP contribution in [0.3, 0.4) is 0 Å². The molecule has 2 rings (SSSR count). The summed E-state index contributed by atoms with van der Waals surface area (Å²) in [6.45, 7) is 3.30. The first-order chi connectivity index (χ1) is 6.92. The minimum atomic E-state index is 0.586. The second kappa shape index (κ2) is 4.91. The summed E-state index contributed by atoms with van der Waals surface area (Å²) in [7, 11) is 0. The smallest absolute Gasteiger partial charge is 0.0453 e. The van der Waals surface area contributed by atoms with Crippen LogP contribution in [0, 0.1) is 0 Å². The molecule has 2 nitrogen and oxygen atoms in total. The van der Waals surface area contributed by atoms with Gasteiger partial charge in [0.25, 0.3) is 0 Å². The van der Waals surface area contributed by atoms with Crippen LogP contribution in [0.4, 0.5) is 0 Å². The summed E-state index contributed by atoms with van der Waals surface area (Å²) < 4.78 is 0. The molecule has 1 aliphatic rings. The number of nitrogens with zero attached hydrogens (tertiary/aromatic N) is 1. The molecule has 3 heteroatoms. The molecule has 1 atom stereocenters. The summed E-state index contributed by atoms with van der Waals surface area (Å²) in [5, 5.41) is 2.16. The fraction of sp³-hybridized carbons (Fsp3) is 0.636. The third-order valence-corrected chi connectivity index (χ3v) is 3.87. The Labute approximate surface area is 89.7 Å². The van der Waals surface area contributed by atoms with E-state index in [1.54, 1.807) is 0 Å². The molecule has 0 radical (unpaired) electrons. The van der Waals surface area contributed by atoms with Gasteiger partial charge in [-0.15, -0.1) is 11.3 Å². The van der Waals surface area contributed by atoms with Gasteiger partial charge in [0, 0.05) is 10.9 Å². The van der Waals surface area contributed by atoms with Crippen molar-refractivity contribution in [3.8, 4) is 0 Å². The Hall–Kier alpha value is -0.380. The second-order valence-corrected chi connectivity index (χ2v) is 4.83. The molecular formula is C11H18N2S. The first-order valence-corrected chi connectivity index (χ1v) is 6.27. The molecule has 14 heavy (non-hydrogen) atoms. The zero-order valence-corrected chi connectivity index (χ0v) is 9.30. The van der Waals surface area contributed by atoms with Crippen LogP contribution in [0.25, 0.3) is 0 Å². The molecule has 1 aliphatic heterocycles. The average molecular weight is 210 g/mol. The first kappa shape index (κ1) is 10.1. The van der Waals surface area contributed by atoms with Crippen molar-refractivity contribution in [1.29, 1.82) is 0 Å². The van der Waals surface area contributed by atoms with E-state index in [4.69, 9.17) is 5.73 Å². The van der Waals surface area contributed by atoms with Crippen LogP contribution >= 0.6 is 11.3 Å². The Morgan fingerprint density at radius 3 is 2.79 bits per heavy atom. The van der Waals surface area contributed by atoms with Crippen molar-refractivity contribution >= 4 is 11.3 Å². The summed E-state index contributed by atoms with van der Waals surface area (Å²) in [4.78, 5) is 4.07. The van der Waals surface area contributed by atoms with Crippen LogP contribution in [-0.2, 0) is 0 Å². The quantitative estimate of drug-likeness (QED) is 0.826. The molecule has 1 aromatic heterocycles. The molecule has 2 heterocycles. The van der Waals surface area contributed by atoms with Gasteiger partial charge < -0.3 is 5.73 Å². The monoisotopic (exact) mass is 210 g/mol. The topological polar surface area (TPSA) is 29.3 Å². The van der Waals surface area contributed by atoms with Gasteiger partial charge in [-0.25, -0.2) is 0 Å². The molecule has 78 valence electrons. The maximum atomic E-state index is 5.68. The standard InChI is InChI=1S/C11H18N2S/c12-6-5-10(11-4-3-9-14-11)13-7-1-2-8-13/h3-4,9-10H,1-2,5-8,12H2/t10-/m0/s1. The van der Waals surface area contributed by atoms with Gasteiger partial charge in [-0.2, -0.15) is 0 Å². The van der Waals surface area contributed by atoms with Gasteiger partial charge in [0.05, 0.1) is 0 Å². The highest BCUT2D eigenvalue weighted by molar-refractivity contribution is 7.10. The summed E-state index contributed by atoms with van der Waals surface area (Å²) in [5.74, 6) is 0. The van der Waals surface area contributed by atoms with Crippen LogP contribution in [0.15, 0.2) is 17.5 Å². The molecule has 1 saturated heterocycles. The molecule has 0 bridgehead atoms. The van der Waals surface area contributed by atoms with Crippen molar-refractivity contribution in [2.75, 3.05) is 19.6 Å². The predicted octanol–water partition coefficient (Wildman–Crippen LogP) is 2.23. The molecule has 0 saturated carbocycles. The summed E-state index contributed by atoms with van der Waals surface area (Å²) in [6.07, 6.45) is 3.80. The largest absolute Gasteiger partial charge is 0.330 e. The van der Waals surface area contributed by atoms with E-state index in [0.29, 0.717) is 6.04 Å². The van der Waals surface area contributed by atoms with E-state index in [1.807, 2.05) is 11.3 Å². The lowest BCUT2D eigenvalue weighted by atomic mass is 10.1. The number of hydrogen-bond donors (Lipinski definition) is 1. The van der Waals surface area contributed by atoms with Crippen molar-refractivity contribution in [2.45, 2.75) is 25.3 Å². The Kier molecular flexibility index (Phi) is 3.56. The fourth-order valence-electron chi connectivity index (χ4n) is 2.20. The zero-order chi connectivity index (χ0) is 9.80. The normalized spacial score (nSPS) is 20.1. The Bertz CT molecular complexity index is 252. The van der Waals surface area contributed by atoms with Gasteiger partial charge in [0.2, 0.25) is 0 Å². The predicted molar refractivity (Wildman–Crippen MR) is 61.5 cm³/mol. The molecule has 0 spiro atoms. The van der Waals surface area contributed by atoms with Crippen LogP contribution in [-0.4, -0.2) is 24.5 Å². The highest BCUT2D eigenvalue weighted by Crippen LogP contribution is 2.30. The van der Waals surface area contributed by atoms with Crippen LogP contribution in [0.1, 0.15) is 30.2 Å². The highest BCUT2D eigenvalue weighted by Gasteiger charge is 2.23. The van der Waals surface area contributed by atoms with Crippen LogP contribution in [0.2, 0.25) is 0 Å². The number of likely N-dealkylation sites (tertiary alicyclic amines) is 1. The second-order valence-electron chi connectivity index (χ2n) is 3.85. The van der Waals surface area contributed by atoms with E-state index in [9.17, 15) is 0 Å². The van der Waals surface area contributed by atoms with Crippen molar-refractivity contribution < 1.29 is 0 Å². The van der Waals surface area contributed by atoms with Gasteiger partial charge in [0.15, 0.2) is 0 Å². The maximum absolute atomic E-state index is 5.68. The van der Waals surface area contributed by atoms with Crippen molar-refractivity contribution in [1.82, 2.24) is 4.90 Å². The lowest BCUT2D eigenvalue weighted by Gasteiger charge is -2.26. The molecule has 0 aromatic carbocycles.